The molecule has 1 aromatic heterocycles. The number of aliphatic hydroxyl groups excluding tert-OH is 1. The number of aromatic nitrogens is 1. The number of fused-ring (bicyclic) bond motifs is 1. The van der Waals surface area contributed by atoms with Crippen LogP contribution in [0.5, 0.6) is 5.75 Å². The van der Waals surface area contributed by atoms with Crippen molar-refractivity contribution in [3.8, 4) is 5.75 Å². The van der Waals surface area contributed by atoms with Gasteiger partial charge in [-0.1, -0.05) is 18.2 Å². The first-order chi connectivity index (χ1) is 16.4. The van der Waals surface area contributed by atoms with Gasteiger partial charge in [-0.25, -0.2) is 9.37 Å². The lowest BCUT2D eigenvalue weighted by Crippen LogP contribution is -2.32. The summed E-state index contributed by atoms with van der Waals surface area (Å²) in [4.78, 5) is 18.3. The normalized spacial score (nSPS) is 21.0. The minimum Gasteiger partial charge on any atom is -0.491 e. The van der Waals surface area contributed by atoms with E-state index >= 15 is 4.39 Å². The molecule has 3 N–H and O–H groups in total. The lowest BCUT2D eigenvalue weighted by atomic mass is 9.94. The minimum atomic E-state index is -1.30. The molecule has 2 aliphatic heterocycles. The second-order valence-corrected chi connectivity index (χ2v) is 9.42. The van der Waals surface area contributed by atoms with Gasteiger partial charge in [0.25, 0.3) is 0 Å². The minimum absolute atomic E-state index is 0.0364. The molecule has 2 aliphatic rings. The van der Waals surface area contributed by atoms with Crippen LogP contribution in [0.2, 0.25) is 0 Å². The Balaban J connectivity index is 1.36. The van der Waals surface area contributed by atoms with Crippen molar-refractivity contribution in [2.45, 2.75) is 50.1 Å². The molecular formula is C26H34FN3O4. The van der Waals surface area contributed by atoms with Crippen LogP contribution in [-0.4, -0.2) is 71.1 Å². The Morgan fingerprint density at radius 1 is 1.32 bits per heavy atom. The van der Waals surface area contributed by atoms with E-state index in [-0.39, 0.29) is 25.6 Å². The van der Waals surface area contributed by atoms with Crippen molar-refractivity contribution in [3.63, 3.8) is 0 Å². The number of alkyl halides is 1. The summed E-state index contributed by atoms with van der Waals surface area (Å²) in [5.74, 6) is 0.372. The van der Waals surface area contributed by atoms with Gasteiger partial charge in [0, 0.05) is 37.8 Å². The fraction of sp³-hybridized carbons (Fsp3) is 0.538. The van der Waals surface area contributed by atoms with Gasteiger partial charge >= 0.3 is 5.97 Å². The Hall–Kier alpha value is -2.71. The van der Waals surface area contributed by atoms with E-state index in [0.717, 1.165) is 36.5 Å². The SMILES string of the molecule is O=C(O)C[C@H](CN1CC[C@@](F)(CCc2ccc3c(n2)NCCC3)C1)c1cccc(OCCO)c1. The third-order valence-electron chi connectivity index (χ3n) is 6.75. The summed E-state index contributed by atoms with van der Waals surface area (Å²) in [6, 6.07) is 11.4. The van der Waals surface area contributed by atoms with Crippen molar-refractivity contribution in [3.05, 3.63) is 53.2 Å². The number of hydrogen-bond acceptors (Lipinski definition) is 6. The number of nitrogens with zero attached hydrogens (tertiary/aromatic N) is 2. The second-order valence-electron chi connectivity index (χ2n) is 9.42. The molecule has 0 aliphatic carbocycles. The lowest BCUT2D eigenvalue weighted by molar-refractivity contribution is -0.137. The molecule has 2 aromatic rings. The van der Waals surface area contributed by atoms with Crippen LogP contribution in [0, 0.1) is 0 Å². The predicted molar refractivity (Wildman–Crippen MR) is 128 cm³/mol. The Morgan fingerprint density at radius 2 is 2.21 bits per heavy atom. The number of aliphatic carboxylic acids is 1. The summed E-state index contributed by atoms with van der Waals surface area (Å²) < 4.78 is 21.1. The zero-order chi connectivity index (χ0) is 24.0. The summed E-state index contributed by atoms with van der Waals surface area (Å²) in [5, 5.41) is 21.8. The largest absolute Gasteiger partial charge is 0.491 e. The van der Waals surface area contributed by atoms with Crippen molar-refractivity contribution in [1.29, 1.82) is 0 Å². The Bertz CT molecular complexity index is 988. The fourth-order valence-electron chi connectivity index (χ4n) is 4.97. The van der Waals surface area contributed by atoms with Gasteiger partial charge in [-0.2, -0.15) is 0 Å². The molecule has 1 aromatic carbocycles. The summed E-state index contributed by atoms with van der Waals surface area (Å²) in [6.07, 6.45) is 3.54. The number of rotatable bonds is 11. The molecule has 2 atom stereocenters. The molecule has 184 valence electrons. The highest BCUT2D eigenvalue weighted by Crippen LogP contribution is 2.33. The molecule has 1 fully saturated rings. The third-order valence-corrected chi connectivity index (χ3v) is 6.75. The van der Waals surface area contributed by atoms with E-state index in [0.29, 0.717) is 44.6 Å². The zero-order valence-electron chi connectivity index (χ0n) is 19.5. The number of halogens is 1. The molecule has 0 spiro atoms. The second kappa shape index (κ2) is 11.1. The summed E-state index contributed by atoms with van der Waals surface area (Å²) >= 11 is 0. The molecule has 0 unspecified atom stereocenters. The maximum Gasteiger partial charge on any atom is 0.304 e. The van der Waals surface area contributed by atoms with Crippen LogP contribution < -0.4 is 10.1 Å². The standard InChI is InChI=1S/C26H34FN3O4/c27-26(9-8-22-7-6-19-4-2-11-28-25(19)29-22)10-12-30(18-26)17-21(16-24(32)33)20-3-1-5-23(15-20)34-14-13-31/h1,3,5-7,15,21,31H,2,4,8-14,16-18H2,(H,28,29)(H,32,33)/t21-,26+/m1/s1. The van der Waals surface area contributed by atoms with E-state index in [1.807, 2.05) is 29.2 Å². The molecule has 0 amide bonds. The molecule has 1 saturated heterocycles. The number of pyridine rings is 1. The van der Waals surface area contributed by atoms with Gasteiger partial charge in [0.15, 0.2) is 0 Å². The Morgan fingerprint density at radius 3 is 3.03 bits per heavy atom. The monoisotopic (exact) mass is 471 g/mol. The average molecular weight is 472 g/mol. The number of carboxylic acid groups (broad SMARTS) is 1. The highest BCUT2D eigenvalue weighted by Gasteiger charge is 2.39. The molecule has 4 rings (SSSR count). The van der Waals surface area contributed by atoms with Gasteiger partial charge in [-0.15, -0.1) is 0 Å². The van der Waals surface area contributed by atoms with Crippen LogP contribution in [0.25, 0.3) is 0 Å². The van der Waals surface area contributed by atoms with Crippen LogP contribution in [-0.2, 0) is 17.6 Å². The summed E-state index contributed by atoms with van der Waals surface area (Å²) in [7, 11) is 0. The number of ether oxygens (including phenoxy) is 1. The summed E-state index contributed by atoms with van der Waals surface area (Å²) in [5.41, 5.74) is 1.68. The smallest absolute Gasteiger partial charge is 0.304 e. The fourth-order valence-corrected chi connectivity index (χ4v) is 4.97. The molecule has 0 radical (unpaired) electrons. The predicted octanol–water partition coefficient (Wildman–Crippen LogP) is 3.42. The van der Waals surface area contributed by atoms with E-state index in [9.17, 15) is 9.90 Å². The summed E-state index contributed by atoms with van der Waals surface area (Å²) in [6.45, 7) is 2.40. The molecular weight excluding hydrogens is 437 g/mol. The molecule has 0 bridgehead atoms. The number of aliphatic hydroxyl groups is 1. The van der Waals surface area contributed by atoms with Crippen molar-refractivity contribution < 1.29 is 24.1 Å². The number of nitrogens with one attached hydrogen (secondary N) is 1. The molecule has 7 nitrogen and oxygen atoms in total. The third kappa shape index (κ3) is 6.45. The van der Waals surface area contributed by atoms with Gasteiger partial charge in [-0.3, -0.25) is 9.69 Å². The molecule has 0 saturated carbocycles. The number of likely N-dealkylation sites (tertiary alicyclic amines) is 1. The van der Waals surface area contributed by atoms with Gasteiger partial charge in [-0.05, 0) is 61.4 Å². The number of anilines is 1. The molecule has 34 heavy (non-hydrogen) atoms. The first-order valence-corrected chi connectivity index (χ1v) is 12.1. The van der Waals surface area contributed by atoms with Gasteiger partial charge in [0.05, 0.1) is 13.0 Å². The van der Waals surface area contributed by atoms with Crippen LogP contribution >= 0.6 is 0 Å². The van der Waals surface area contributed by atoms with Gasteiger partial charge < -0.3 is 20.3 Å². The van der Waals surface area contributed by atoms with Crippen molar-refractivity contribution >= 4 is 11.8 Å². The van der Waals surface area contributed by atoms with Crippen molar-refractivity contribution in [2.24, 2.45) is 0 Å². The Kier molecular flexibility index (Phi) is 8.00. The number of hydrogen-bond donors (Lipinski definition) is 3. The molecule has 3 heterocycles. The maximum atomic E-state index is 15.7. The molecule has 8 heteroatoms. The first kappa shape index (κ1) is 24.4. The zero-order valence-corrected chi connectivity index (χ0v) is 19.5. The number of benzene rings is 1. The van der Waals surface area contributed by atoms with Gasteiger partial charge in [0.2, 0.25) is 0 Å². The van der Waals surface area contributed by atoms with Crippen molar-refractivity contribution in [2.75, 3.05) is 44.7 Å². The van der Waals surface area contributed by atoms with Crippen LogP contribution in [0.3, 0.4) is 0 Å². The van der Waals surface area contributed by atoms with E-state index < -0.39 is 11.6 Å². The lowest BCUT2D eigenvalue weighted by Gasteiger charge is -2.25. The van der Waals surface area contributed by atoms with Crippen molar-refractivity contribution in [1.82, 2.24) is 9.88 Å². The average Bonchev–Trinajstić information content (AvgIpc) is 3.21. The topological polar surface area (TPSA) is 94.9 Å². The van der Waals surface area contributed by atoms with Crippen LogP contribution in [0.1, 0.15) is 48.4 Å². The van der Waals surface area contributed by atoms with Crippen LogP contribution in [0.4, 0.5) is 10.2 Å². The van der Waals surface area contributed by atoms with E-state index in [4.69, 9.17) is 14.8 Å². The quantitative estimate of drug-likeness (QED) is 0.462. The van der Waals surface area contributed by atoms with E-state index in [1.165, 1.54) is 5.56 Å². The number of aryl methyl sites for hydroxylation is 2. The van der Waals surface area contributed by atoms with E-state index in [2.05, 4.69) is 11.4 Å². The Labute approximate surface area is 200 Å². The number of carboxylic acids is 1. The maximum absolute atomic E-state index is 15.7. The van der Waals surface area contributed by atoms with Crippen LogP contribution in [0.15, 0.2) is 36.4 Å². The number of carbonyl (C=O) groups is 1. The highest BCUT2D eigenvalue weighted by molar-refractivity contribution is 5.68. The van der Waals surface area contributed by atoms with Gasteiger partial charge in [0.1, 0.15) is 23.8 Å². The highest BCUT2D eigenvalue weighted by atomic mass is 19.1. The first-order valence-electron chi connectivity index (χ1n) is 12.1. The van der Waals surface area contributed by atoms with E-state index in [1.54, 1.807) is 6.07 Å².